The van der Waals surface area contributed by atoms with Crippen molar-refractivity contribution in [1.82, 2.24) is 5.32 Å². The van der Waals surface area contributed by atoms with Crippen molar-refractivity contribution in [1.29, 1.82) is 0 Å². The van der Waals surface area contributed by atoms with Crippen LogP contribution in [0.3, 0.4) is 0 Å². The summed E-state index contributed by atoms with van der Waals surface area (Å²) in [6.07, 6.45) is 0. The van der Waals surface area contributed by atoms with Crippen LogP contribution in [0, 0.1) is 0 Å². The number of amides is 1. The molecule has 0 saturated carbocycles. The van der Waals surface area contributed by atoms with E-state index in [9.17, 15) is 4.79 Å². The minimum Gasteiger partial charge on any atom is -0.351 e. The van der Waals surface area contributed by atoms with E-state index >= 15 is 0 Å². The number of carbonyl (C=O) groups is 1. The van der Waals surface area contributed by atoms with Crippen LogP contribution in [0.1, 0.15) is 22.8 Å². The van der Waals surface area contributed by atoms with Gasteiger partial charge in [0.05, 0.1) is 0 Å². The van der Waals surface area contributed by atoms with E-state index in [4.69, 9.17) is 5.73 Å². The summed E-state index contributed by atoms with van der Waals surface area (Å²) >= 11 is 1.87. The Morgan fingerprint density at radius 1 is 1.38 bits per heavy atom. The van der Waals surface area contributed by atoms with E-state index in [1.807, 2.05) is 36.0 Å². The lowest BCUT2D eigenvalue weighted by molar-refractivity contribution is 0.0955. The molecule has 0 aromatic heterocycles. The smallest absolute Gasteiger partial charge is 0.251 e. The molecule has 88 valence electrons. The highest BCUT2D eigenvalue weighted by molar-refractivity contribution is 7.98. The van der Waals surface area contributed by atoms with Crippen LogP contribution in [0.5, 0.6) is 0 Å². The van der Waals surface area contributed by atoms with Gasteiger partial charge in [0.15, 0.2) is 0 Å². The van der Waals surface area contributed by atoms with Gasteiger partial charge in [-0.05, 0) is 23.4 Å². The molecule has 0 fully saturated rings. The van der Waals surface area contributed by atoms with Gasteiger partial charge in [-0.25, -0.2) is 0 Å². The average Bonchev–Trinajstić information content (AvgIpc) is 2.34. The maximum Gasteiger partial charge on any atom is 0.251 e. The Morgan fingerprint density at radius 2 is 2.06 bits per heavy atom. The molecule has 1 rings (SSSR count). The second-order valence-electron chi connectivity index (χ2n) is 3.38. The predicted octanol–water partition coefficient (Wildman–Crippen LogP) is 1.63. The third kappa shape index (κ3) is 4.24. The summed E-state index contributed by atoms with van der Waals surface area (Å²) in [4.78, 5) is 11.6. The summed E-state index contributed by atoms with van der Waals surface area (Å²) in [6, 6.07) is 7.72. The zero-order chi connectivity index (χ0) is 11.8. The van der Waals surface area contributed by atoms with Crippen LogP contribution < -0.4 is 11.1 Å². The Bertz CT molecular complexity index is 324. The minimum absolute atomic E-state index is 0.0554. The number of hydrogen-bond donors (Lipinski definition) is 2. The molecule has 0 unspecified atom stereocenters. The van der Waals surface area contributed by atoms with Crippen LogP contribution in [-0.2, 0) is 5.75 Å². The molecule has 0 aliphatic carbocycles. The van der Waals surface area contributed by atoms with E-state index in [0.29, 0.717) is 18.7 Å². The molecule has 0 bridgehead atoms. The topological polar surface area (TPSA) is 55.1 Å². The van der Waals surface area contributed by atoms with Gasteiger partial charge in [0.25, 0.3) is 5.91 Å². The zero-order valence-electron chi connectivity index (χ0n) is 9.53. The fourth-order valence-corrected chi connectivity index (χ4v) is 1.89. The van der Waals surface area contributed by atoms with Gasteiger partial charge in [-0.3, -0.25) is 4.79 Å². The van der Waals surface area contributed by atoms with E-state index in [0.717, 1.165) is 11.5 Å². The summed E-state index contributed by atoms with van der Waals surface area (Å²) in [5.74, 6) is 2.06. The van der Waals surface area contributed by atoms with Crippen molar-refractivity contribution in [3.05, 3.63) is 35.4 Å². The van der Waals surface area contributed by atoms with Crippen LogP contribution in [0.25, 0.3) is 0 Å². The number of rotatable bonds is 6. The molecule has 0 spiro atoms. The molecule has 3 nitrogen and oxygen atoms in total. The molecule has 0 atom stereocenters. The zero-order valence-corrected chi connectivity index (χ0v) is 10.3. The van der Waals surface area contributed by atoms with Crippen molar-refractivity contribution in [3.8, 4) is 0 Å². The van der Waals surface area contributed by atoms with Gasteiger partial charge >= 0.3 is 0 Å². The van der Waals surface area contributed by atoms with E-state index < -0.39 is 0 Å². The first-order chi connectivity index (χ1) is 7.77. The summed E-state index contributed by atoms with van der Waals surface area (Å²) in [6.45, 7) is 3.13. The SMILES string of the molecule is CCSCc1ccc(C(=O)NCCN)cc1. The number of benzene rings is 1. The number of hydrogen-bond acceptors (Lipinski definition) is 3. The maximum atomic E-state index is 11.6. The van der Waals surface area contributed by atoms with Crippen molar-refractivity contribution in [2.45, 2.75) is 12.7 Å². The quantitative estimate of drug-likeness (QED) is 0.792. The van der Waals surface area contributed by atoms with E-state index in [2.05, 4.69) is 12.2 Å². The monoisotopic (exact) mass is 238 g/mol. The van der Waals surface area contributed by atoms with Crippen molar-refractivity contribution in [2.24, 2.45) is 5.73 Å². The van der Waals surface area contributed by atoms with Crippen LogP contribution in [0.2, 0.25) is 0 Å². The van der Waals surface area contributed by atoms with Gasteiger partial charge in [0, 0.05) is 24.4 Å². The maximum absolute atomic E-state index is 11.6. The lowest BCUT2D eigenvalue weighted by Crippen LogP contribution is -2.28. The molecular weight excluding hydrogens is 220 g/mol. The molecule has 0 radical (unpaired) electrons. The van der Waals surface area contributed by atoms with E-state index in [-0.39, 0.29) is 5.91 Å². The van der Waals surface area contributed by atoms with E-state index in [1.165, 1.54) is 5.56 Å². The number of carbonyl (C=O) groups excluding carboxylic acids is 1. The molecular formula is C12H18N2OS. The first-order valence-electron chi connectivity index (χ1n) is 5.43. The molecule has 4 heteroatoms. The number of nitrogens with two attached hydrogens (primary N) is 1. The second kappa shape index (κ2) is 7.30. The van der Waals surface area contributed by atoms with Crippen LogP contribution in [-0.4, -0.2) is 24.7 Å². The second-order valence-corrected chi connectivity index (χ2v) is 4.65. The van der Waals surface area contributed by atoms with Gasteiger partial charge in [-0.2, -0.15) is 11.8 Å². The van der Waals surface area contributed by atoms with Crippen LogP contribution in [0.15, 0.2) is 24.3 Å². The third-order valence-electron chi connectivity index (χ3n) is 2.12. The fraction of sp³-hybridized carbons (Fsp3) is 0.417. The Hall–Kier alpha value is -1.00. The number of nitrogens with one attached hydrogen (secondary N) is 1. The van der Waals surface area contributed by atoms with Crippen LogP contribution >= 0.6 is 11.8 Å². The van der Waals surface area contributed by atoms with Crippen molar-refractivity contribution in [3.63, 3.8) is 0 Å². The number of thioether (sulfide) groups is 1. The fourth-order valence-electron chi connectivity index (χ4n) is 1.26. The Balaban J connectivity index is 2.53. The molecule has 0 aliphatic heterocycles. The lowest BCUT2D eigenvalue weighted by atomic mass is 10.1. The Kier molecular flexibility index (Phi) is 5.96. The molecule has 1 aromatic rings. The standard InChI is InChI=1S/C12H18N2OS/c1-2-16-9-10-3-5-11(6-4-10)12(15)14-8-7-13/h3-6H,2,7-9,13H2,1H3,(H,14,15). The van der Waals surface area contributed by atoms with Gasteiger partial charge in [-0.1, -0.05) is 19.1 Å². The summed E-state index contributed by atoms with van der Waals surface area (Å²) in [5, 5.41) is 2.74. The molecule has 0 heterocycles. The largest absolute Gasteiger partial charge is 0.351 e. The van der Waals surface area contributed by atoms with Crippen molar-refractivity contribution in [2.75, 3.05) is 18.8 Å². The summed E-state index contributed by atoms with van der Waals surface area (Å²) in [5.41, 5.74) is 7.26. The molecule has 0 saturated heterocycles. The first-order valence-corrected chi connectivity index (χ1v) is 6.58. The third-order valence-corrected chi connectivity index (χ3v) is 3.06. The highest BCUT2D eigenvalue weighted by Crippen LogP contribution is 2.12. The van der Waals surface area contributed by atoms with Crippen LogP contribution in [0.4, 0.5) is 0 Å². The molecule has 1 aromatic carbocycles. The lowest BCUT2D eigenvalue weighted by Gasteiger charge is -2.04. The minimum atomic E-state index is -0.0554. The first kappa shape index (κ1) is 13.1. The highest BCUT2D eigenvalue weighted by atomic mass is 32.2. The normalized spacial score (nSPS) is 10.1. The molecule has 3 N–H and O–H groups in total. The van der Waals surface area contributed by atoms with Crippen molar-refractivity contribution < 1.29 is 4.79 Å². The Morgan fingerprint density at radius 3 is 2.62 bits per heavy atom. The van der Waals surface area contributed by atoms with Gasteiger partial charge < -0.3 is 11.1 Å². The predicted molar refractivity (Wildman–Crippen MR) is 69.7 cm³/mol. The van der Waals surface area contributed by atoms with Gasteiger partial charge in [0.1, 0.15) is 0 Å². The summed E-state index contributed by atoms with van der Waals surface area (Å²) < 4.78 is 0. The van der Waals surface area contributed by atoms with Gasteiger partial charge in [0.2, 0.25) is 0 Å². The van der Waals surface area contributed by atoms with E-state index in [1.54, 1.807) is 0 Å². The average molecular weight is 238 g/mol. The van der Waals surface area contributed by atoms with Crippen molar-refractivity contribution >= 4 is 17.7 Å². The molecule has 16 heavy (non-hydrogen) atoms. The van der Waals surface area contributed by atoms with Gasteiger partial charge in [-0.15, -0.1) is 0 Å². The molecule has 0 aliphatic rings. The molecule has 1 amide bonds. The Labute approximate surface area is 101 Å². The summed E-state index contributed by atoms with van der Waals surface area (Å²) in [7, 11) is 0. The highest BCUT2D eigenvalue weighted by Gasteiger charge is 2.03.